The molecule has 3 rings (SSSR count). The lowest BCUT2D eigenvalue weighted by Gasteiger charge is -2.02. The Labute approximate surface area is 112 Å². The summed E-state index contributed by atoms with van der Waals surface area (Å²) in [5, 5.41) is 3.12. The number of rotatable bonds is 1. The van der Waals surface area contributed by atoms with Gasteiger partial charge in [-0.3, -0.25) is 19.3 Å². The highest BCUT2D eigenvalue weighted by molar-refractivity contribution is 8.15. The van der Waals surface area contributed by atoms with Gasteiger partial charge in [-0.25, -0.2) is 4.99 Å². The Morgan fingerprint density at radius 1 is 1.21 bits per heavy atom. The molecular formula is C12H9N3O3S. The van der Waals surface area contributed by atoms with E-state index in [1.165, 1.54) is 18.8 Å². The number of aliphatic imine (C=N–C) groups is 1. The van der Waals surface area contributed by atoms with Gasteiger partial charge in [0.25, 0.3) is 11.8 Å². The second kappa shape index (κ2) is 4.20. The Morgan fingerprint density at radius 3 is 2.63 bits per heavy atom. The van der Waals surface area contributed by atoms with Gasteiger partial charge in [-0.05, 0) is 18.2 Å². The largest absolute Gasteiger partial charge is 0.304 e. The Hall–Kier alpha value is -2.15. The number of amidine groups is 1. The van der Waals surface area contributed by atoms with E-state index in [0.29, 0.717) is 27.7 Å². The molecule has 0 aromatic heterocycles. The highest BCUT2D eigenvalue weighted by atomic mass is 32.2. The van der Waals surface area contributed by atoms with E-state index in [4.69, 9.17) is 0 Å². The van der Waals surface area contributed by atoms with Gasteiger partial charge in [-0.15, -0.1) is 0 Å². The first kappa shape index (κ1) is 11.9. The second-order valence-corrected chi connectivity index (χ2v) is 5.12. The zero-order valence-corrected chi connectivity index (χ0v) is 10.8. The predicted octanol–water partition coefficient (Wildman–Crippen LogP) is 0.763. The van der Waals surface area contributed by atoms with Crippen molar-refractivity contribution in [1.82, 2.24) is 10.2 Å². The van der Waals surface area contributed by atoms with E-state index in [0.717, 1.165) is 4.90 Å². The molecular weight excluding hydrogens is 266 g/mol. The number of nitrogens with one attached hydrogen (secondary N) is 1. The molecule has 2 aliphatic heterocycles. The van der Waals surface area contributed by atoms with Gasteiger partial charge in [-0.1, -0.05) is 11.8 Å². The Balaban J connectivity index is 1.97. The molecule has 0 saturated carbocycles. The molecule has 1 aromatic rings. The fraction of sp³-hybridized carbons (Fsp3) is 0.167. The molecule has 1 fully saturated rings. The van der Waals surface area contributed by atoms with Crippen LogP contribution in [0.3, 0.4) is 0 Å². The zero-order valence-electron chi connectivity index (χ0n) is 9.97. The highest BCUT2D eigenvalue weighted by Crippen LogP contribution is 2.27. The number of nitrogens with zero attached hydrogens (tertiary/aromatic N) is 2. The van der Waals surface area contributed by atoms with Crippen molar-refractivity contribution in [3.8, 4) is 0 Å². The Morgan fingerprint density at radius 2 is 1.95 bits per heavy atom. The first-order chi connectivity index (χ1) is 9.06. The van der Waals surface area contributed by atoms with Crippen LogP contribution in [0, 0.1) is 0 Å². The van der Waals surface area contributed by atoms with Crippen LogP contribution in [0.25, 0.3) is 0 Å². The lowest BCUT2D eigenvalue weighted by Crippen LogP contribution is -2.24. The second-order valence-electron chi connectivity index (χ2n) is 4.15. The van der Waals surface area contributed by atoms with Crippen molar-refractivity contribution in [2.45, 2.75) is 0 Å². The normalized spacial score (nSPS) is 20.2. The van der Waals surface area contributed by atoms with Crippen LogP contribution in [0.2, 0.25) is 0 Å². The summed E-state index contributed by atoms with van der Waals surface area (Å²) in [6.07, 6.45) is 0. The molecule has 96 valence electrons. The molecule has 0 bridgehead atoms. The van der Waals surface area contributed by atoms with E-state index in [-0.39, 0.29) is 17.7 Å². The van der Waals surface area contributed by atoms with Gasteiger partial charge in [-0.2, -0.15) is 0 Å². The minimum Gasteiger partial charge on any atom is -0.304 e. The third-order valence-corrected chi connectivity index (χ3v) is 3.76. The molecule has 3 amide bonds. The van der Waals surface area contributed by atoms with Gasteiger partial charge in [0.05, 0.1) is 22.6 Å². The number of benzene rings is 1. The monoisotopic (exact) mass is 275 g/mol. The maximum absolute atomic E-state index is 11.8. The lowest BCUT2D eigenvalue weighted by atomic mass is 10.1. The molecule has 0 atom stereocenters. The van der Waals surface area contributed by atoms with E-state index in [1.807, 2.05) is 0 Å². The van der Waals surface area contributed by atoms with Crippen LogP contribution in [-0.4, -0.2) is 40.6 Å². The summed E-state index contributed by atoms with van der Waals surface area (Å²) < 4.78 is 0. The quantitative estimate of drug-likeness (QED) is 0.768. The van der Waals surface area contributed by atoms with E-state index in [9.17, 15) is 14.4 Å². The standard InChI is InChI=1S/C12H9N3O3S/c1-15-10(17)7-3-2-6(4-8(7)11(15)18)13-12-14-9(16)5-19-12/h2-4H,5H2,1H3,(H,13,14,16). The van der Waals surface area contributed by atoms with Crippen molar-refractivity contribution in [1.29, 1.82) is 0 Å². The zero-order chi connectivity index (χ0) is 13.6. The maximum atomic E-state index is 11.8. The van der Waals surface area contributed by atoms with Crippen LogP contribution >= 0.6 is 11.8 Å². The van der Waals surface area contributed by atoms with Crippen molar-refractivity contribution in [2.24, 2.45) is 4.99 Å². The predicted molar refractivity (Wildman–Crippen MR) is 70.6 cm³/mol. The number of thioether (sulfide) groups is 1. The molecule has 0 unspecified atom stereocenters. The molecule has 6 nitrogen and oxygen atoms in total. The number of amides is 3. The maximum Gasteiger partial charge on any atom is 0.261 e. The average molecular weight is 275 g/mol. The lowest BCUT2D eigenvalue weighted by molar-refractivity contribution is -0.116. The first-order valence-corrected chi connectivity index (χ1v) is 6.52. The number of hydrogen-bond donors (Lipinski definition) is 1. The summed E-state index contributed by atoms with van der Waals surface area (Å²) in [5.74, 6) is -0.368. The van der Waals surface area contributed by atoms with E-state index in [2.05, 4.69) is 10.3 Å². The van der Waals surface area contributed by atoms with E-state index in [1.54, 1.807) is 18.2 Å². The number of carbonyl (C=O) groups is 3. The minimum absolute atomic E-state index is 0.0871. The number of hydrogen-bond acceptors (Lipinski definition) is 5. The van der Waals surface area contributed by atoms with Crippen LogP contribution in [0.5, 0.6) is 0 Å². The molecule has 0 spiro atoms. The summed E-state index contributed by atoms with van der Waals surface area (Å²) in [5.41, 5.74) is 1.28. The number of imide groups is 1. The van der Waals surface area contributed by atoms with Crippen LogP contribution in [0.1, 0.15) is 20.7 Å². The van der Waals surface area contributed by atoms with Crippen LogP contribution < -0.4 is 5.32 Å². The van der Waals surface area contributed by atoms with Crippen molar-refractivity contribution >= 4 is 40.3 Å². The first-order valence-electron chi connectivity index (χ1n) is 5.54. The van der Waals surface area contributed by atoms with Crippen molar-refractivity contribution in [2.75, 3.05) is 12.8 Å². The number of carbonyl (C=O) groups excluding carboxylic acids is 3. The third kappa shape index (κ3) is 1.91. The third-order valence-electron chi connectivity index (χ3n) is 2.89. The molecule has 19 heavy (non-hydrogen) atoms. The van der Waals surface area contributed by atoms with Crippen molar-refractivity contribution in [3.05, 3.63) is 29.3 Å². The molecule has 2 aliphatic rings. The Bertz CT molecular complexity index is 654. The van der Waals surface area contributed by atoms with Gasteiger partial charge in [0, 0.05) is 7.05 Å². The SMILES string of the molecule is CN1C(=O)c2ccc(N=C3NC(=O)CS3)cc2C1=O. The van der Waals surface area contributed by atoms with Crippen molar-refractivity contribution < 1.29 is 14.4 Å². The van der Waals surface area contributed by atoms with Gasteiger partial charge in [0.2, 0.25) is 5.91 Å². The topological polar surface area (TPSA) is 78.8 Å². The Kier molecular flexibility index (Phi) is 2.63. The molecule has 0 radical (unpaired) electrons. The fourth-order valence-corrected chi connectivity index (χ4v) is 2.62. The van der Waals surface area contributed by atoms with Gasteiger partial charge >= 0.3 is 0 Å². The molecule has 1 N–H and O–H groups in total. The van der Waals surface area contributed by atoms with Gasteiger partial charge in [0.1, 0.15) is 0 Å². The van der Waals surface area contributed by atoms with E-state index < -0.39 is 0 Å². The van der Waals surface area contributed by atoms with E-state index >= 15 is 0 Å². The molecule has 2 heterocycles. The minimum atomic E-state index is -0.329. The summed E-state index contributed by atoms with van der Waals surface area (Å²) in [6.45, 7) is 0. The molecule has 0 aliphatic carbocycles. The fourth-order valence-electron chi connectivity index (χ4n) is 1.92. The van der Waals surface area contributed by atoms with Crippen LogP contribution in [-0.2, 0) is 4.79 Å². The summed E-state index contributed by atoms with van der Waals surface area (Å²) in [6, 6.07) is 4.80. The molecule has 1 aromatic carbocycles. The van der Waals surface area contributed by atoms with Gasteiger partial charge < -0.3 is 5.32 Å². The van der Waals surface area contributed by atoms with Gasteiger partial charge in [0.15, 0.2) is 5.17 Å². The van der Waals surface area contributed by atoms with Crippen LogP contribution in [0.15, 0.2) is 23.2 Å². The van der Waals surface area contributed by atoms with Crippen molar-refractivity contribution in [3.63, 3.8) is 0 Å². The summed E-state index contributed by atoms with van der Waals surface area (Å²) in [7, 11) is 1.45. The number of fused-ring (bicyclic) bond motifs is 1. The molecule has 7 heteroatoms. The van der Waals surface area contributed by atoms with Crippen LogP contribution in [0.4, 0.5) is 5.69 Å². The highest BCUT2D eigenvalue weighted by Gasteiger charge is 2.32. The summed E-state index contributed by atoms with van der Waals surface area (Å²) in [4.78, 5) is 39.9. The summed E-state index contributed by atoms with van der Waals surface area (Å²) >= 11 is 1.31. The average Bonchev–Trinajstić information content (AvgIpc) is 2.89. The molecule has 1 saturated heterocycles. The smallest absolute Gasteiger partial charge is 0.261 e.